The molecule has 0 bridgehead atoms. The van der Waals surface area contributed by atoms with E-state index in [4.69, 9.17) is 0 Å². The van der Waals surface area contributed by atoms with Crippen molar-refractivity contribution in [2.24, 2.45) is 11.3 Å². The zero-order valence-electron chi connectivity index (χ0n) is 21.3. The second kappa shape index (κ2) is 10.9. The molecule has 1 aliphatic heterocycles. The van der Waals surface area contributed by atoms with Crippen molar-refractivity contribution in [1.82, 2.24) is 20.5 Å². The number of benzene rings is 1. The molecule has 0 radical (unpaired) electrons. The third-order valence-corrected chi connectivity index (χ3v) is 7.19. The van der Waals surface area contributed by atoms with E-state index in [1.807, 2.05) is 57.5 Å². The molecule has 0 aliphatic carbocycles. The maximum absolute atomic E-state index is 13.5. The Hall–Kier alpha value is -2.78. The Kier molecular flexibility index (Phi) is 8.33. The summed E-state index contributed by atoms with van der Waals surface area (Å²) in [6.07, 6.45) is -0.631. The second-order valence-corrected chi connectivity index (χ2v) is 11.4. The zero-order valence-corrected chi connectivity index (χ0v) is 22.1. The number of thiazole rings is 1. The number of carbonyl (C=O) groups is 3. The largest absolute Gasteiger partial charge is 0.391 e. The van der Waals surface area contributed by atoms with Crippen LogP contribution in [0.3, 0.4) is 0 Å². The van der Waals surface area contributed by atoms with Crippen molar-refractivity contribution in [2.75, 3.05) is 6.54 Å². The zero-order chi connectivity index (χ0) is 25.9. The maximum Gasteiger partial charge on any atom is 0.246 e. The summed E-state index contributed by atoms with van der Waals surface area (Å²) in [4.78, 5) is 45.7. The van der Waals surface area contributed by atoms with Gasteiger partial charge in [0.2, 0.25) is 17.7 Å². The lowest BCUT2D eigenvalue weighted by atomic mass is 9.85. The molecule has 35 heavy (non-hydrogen) atoms. The number of hydrogen-bond donors (Lipinski definition) is 3. The first-order valence-electron chi connectivity index (χ1n) is 11.9. The van der Waals surface area contributed by atoms with Gasteiger partial charge in [0.05, 0.1) is 22.2 Å². The normalized spacial score (nSPS) is 19.0. The highest BCUT2D eigenvalue weighted by Crippen LogP contribution is 2.28. The van der Waals surface area contributed by atoms with Crippen LogP contribution in [0, 0.1) is 18.3 Å². The highest BCUT2D eigenvalue weighted by Gasteiger charge is 2.44. The van der Waals surface area contributed by atoms with Crippen LogP contribution in [0.2, 0.25) is 0 Å². The monoisotopic (exact) mass is 500 g/mol. The Morgan fingerprint density at radius 2 is 1.86 bits per heavy atom. The third kappa shape index (κ3) is 6.46. The number of aromatic nitrogens is 1. The molecular formula is C26H36N4O4S. The fourth-order valence-electron chi connectivity index (χ4n) is 4.09. The number of carbonyl (C=O) groups excluding carboxylic acids is 3. The van der Waals surface area contributed by atoms with Crippen LogP contribution in [0.5, 0.6) is 0 Å². The van der Waals surface area contributed by atoms with Crippen molar-refractivity contribution in [3.63, 3.8) is 0 Å². The van der Waals surface area contributed by atoms with E-state index in [9.17, 15) is 19.5 Å². The number of rotatable bonds is 7. The lowest BCUT2D eigenvalue weighted by Crippen LogP contribution is -2.58. The fourth-order valence-corrected chi connectivity index (χ4v) is 4.90. The first-order valence-corrected chi connectivity index (χ1v) is 12.8. The maximum atomic E-state index is 13.5. The van der Waals surface area contributed by atoms with Gasteiger partial charge in [0, 0.05) is 25.4 Å². The molecule has 1 fully saturated rings. The lowest BCUT2D eigenvalue weighted by Gasteiger charge is -2.35. The molecule has 0 spiro atoms. The van der Waals surface area contributed by atoms with Crippen LogP contribution in [-0.4, -0.2) is 57.4 Å². The number of nitrogens with one attached hydrogen (secondary N) is 2. The summed E-state index contributed by atoms with van der Waals surface area (Å²) in [7, 11) is 0. The van der Waals surface area contributed by atoms with Crippen molar-refractivity contribution in [3.8, 4) is 10.4 Å². The molecular weight excluding hydrogens is 464 g/mol. The molecule has 0 saturated carbocycles. The van der Waals surface area contributed by atoms with Gasteiger partial charge in [0.15, 0.2) is 0 Å². The Morgan fingerprint density at radius 1 is 1.20 bits per heavy atom. The predicted molar refractivity (Wildman–Crippen MR) is 136 cm³/mol. The van der Waals surface area contributed by atoms with E-state index in [1.165, 1.54) is 4.90 Å². The molecule has 3 unspecified atom stereocenters. The van der Waals surface area contributed by atoms with Gasteiger partial charge in [0.25, 0.3) is 0 Å². The summed E-state index contributed by atoms with van der Waals surface area (Å²) in [6, 6.07) is 6.32. The van der Waals surface area contributed by atoms with E-state index in [2.05, 4.69) is 15.6 Å². The molecule has 1 aromatic carbocycles. The number of aliphatic hydroxyl groups excluding tert-OH is 1. The van der Waals surface area contributed by atoms with Crippen LogP contribution in [0.15, 0.2) is 29.8 Å². The van der Waals surface area contributed by atoms with E-state index in [0.29, 0.717) is 6.54 Å². The molecule has 3 rings (SSSR count). The standard InChI is InChI=1S/C26H36N4O4S/c1-15(2)23(32)29-22(26(4,5)6)25(34)30-13-19(31)11-20(30)24(33)27-12-17-7-9-18(10-8-17)21-16(3)28-14-35-21/h7-10,14-15,19-20,22,31H,11-13H2,1-6H3,(H,27,33)(H,29,32). The average molecular weight is 501 g/mol. The van der Waals surface area contributed by atoms with E-state index in [-0.39, 0.29) is 36.6 Å². The minimum absolute atomic E-state index is 0.0595. The van der Waals surface area contributed by atoms with Gasteiger partial charge in [-0.15, -0.1) is 11.3 Å². The van der Waals surface area contributed by atoms with Crippen LogP contribution in [-0.2, 0) is 20.9 Å². The van der Waals surface area contributed by atoms with Gasteiger partial charge in [-0.3, -0.25) is 14.4 Å². The smallest absolute Gasteiger partial charge is 0.246 e. The minimum atomic E-state index is -0.805. The lowest BCUT2D eigenvalue weighted by molar-refractivity contribution is -0.144. The Labute approximate surface area is 211 Å². The SMILES string of the molecule is Cc1ncsc1-c1ccc(CNC(=O)C2CC(O)CN2C(=O)C(NC(=O)C(C)C)C(C)(C)C)cc1. The van der Waals surface area contributed by atoms with Gasteiger partial charge < -0.3 is 20.6 Å². The van der Waals surface area contributed by atoms with Gasteiger partial charge in [-0.05, 0) is 23.5 Å². The number of aliphatic hydroxyl groups is 1. The van der Waals surface area contributed by atoms with Crippen LogP contribution >= 0.6 is 11.3 Å². The number of likely N-dealkylation sites (tertiary alicyclic amines) is 1. The number of β-amino-alcohol motifs (C(OH)–C–C–N with tert-alkyl or cyclic N) is 1. The number of aryl methyl sites for hydroxylation is 1. The Morgan fingerprint density at radius 3 is 2.40 bits per heavy atom. The predicted octanol–water partition coefficient (Wildman–Crippen LogP) is 2.88. The summed E-state index contributed by atoms with van der Waals surface area (Å²) < 4.78 is 0. The summed E-state index contributed by atoms with van der Waals surface area (Å²) in [5, 5.41) is 16.0. The van der Waals surface area contributed by atoms with Crippen molar-refractivity contribution < 1.29 is 19.5 Å². The molecule has 1 saturated heterocycles. The van der Waals surface area contributed by atoms with E-state index in [0.717, 1.165) is 21.7 Å². The first kappa shape index (κ1) is 26.8. The molecule has 3 amide bonds. The molecule has 8 nitrogen and oxygen atoms in total. The van der Waals surface area contributed by atoms with E-state index < -0.39 is 23.6 Å². The van der Waals surface area contributed by atoms with E-state index in [1.54, 1.807) is 25.2 Å². The van der Waals surface area contributed by atoms with E-state index >= 15 is 0 Å². The molecule has 190 valence electrons. The summed E-state index contributed by atoms with van der Waals surface area (Å²) in [6.45, 7) is 11.5. The quantitative estimate of drug-likeness (QED) is 0.541. The summed E-state index contributed by atoms with van der Waals surface area (Å²) in [5.41, 5.74) is 4.25. The molecule has 3 atom stereocenters. The molecule has 9 heteroatoms. The van der Waals surface area contributed by atoms with Gasteiger partial charge in [-0.2, -0.15) is 0 Å². The fraction of sp³-hybridized carbons (Fsp3) is 0.538. The van der Waals surface area contributed by atoms with Crippen LogP contribution in [0.4, 0.5) is 0 Å². The molecule has 3 N–H and O–H groups in total. The second-order valence-electron chi connectivity index (χ2n) is 10.5. The summed E-state index contributed by atoms with van der Waals surface area (Å²) in [5.74, 6) is -1.18. The van der Waals surface area contributed by atoms with Crippen molar-refractivity contribution >= 4 is 29.1 Å². The van der Waals surface area contributed by atoms with Crippen LogP contribution in [0.25, 0.3) is 10.4 Å². The topological polar surface area (TPSA) is 112 Å². The Bertz CT molecular complexity index is 1060. The van der Waals surface area contributed by atoms with Crippen molar-refractivity contribution in [3.05, 3.63) is 41.0 Å². The number of amides is 3. The molecule has 1 aliphatic rings. The number of hydrogen-bond acceptors (Lipinski definition) is 6. The summed E-state index contributed by atoms with van der Waals surface area (Å²) >= 11 is 1.59. The Balaban J connectivity index is 1.68. The highest BCUT2D eigenvalue weighted by molar-refractivity contribution is 7.13. The van der Waals surface area contributed by atoms with Gasteiger partial charge in [-0.1, -0.05) is 58.9 Å². The van der Waals surface area contributed by atoms with Crippen molar-refractivity contribution in [2.45, 2.75) is 72.7 Å². The third-order valence-electron chi connectivity index (χ3n) is 6.22. The van der Waals surface area contributed by atoms with Crippen LogP contribution < -0.4 is 10.6 Å². The van der Waals surface area contributed by atoms with Crippen LogP contribution in [0.1, 0.15) is 52.3 Å². The minimum Gasteiger partial charge on any atom is -0.391 e. The first-order chi connectivity index (χ1) is 16.4. The molecule has 1 aromatic heterocycles. The number of nitrogens with zero attached hydrogens (tertiary/aromatic N) is 2. The molecule has 2 aromatic rings. The van der Waals surface area contributed by atoms with Gasteiger partial charge in [0.1, 0.15) is 12.1 Å². The van der Waals surface area contributed by atoms with Gasteiger partial charge >= 0.3 is 0 Å². The van der Waals surface area contributed by atoms with Gasteiger partial charge in [-0.25, -0.2) is 4.98 Å². The van der Waals surface area contributed by atoms with Crippen molar-refractivity contribution in [1.29, 1.82) is 0 Å². The highest BCUT2D eigenvalue weighted by atomic mass is 32.1. The molecule has 2 heterocycles. The average Bonchev–Trinajstić information content (AvgIpc) is 3.40.